The van der Waals surface area contributed by atoms with Crippen LogP contribution in [0.2, 0.25) is 0 Å². The lowest BCUT2D eigenvalue weighted by Gasteiger charge is -2.24. The zero-order chi connectivity index (χ0) is 15.1. The number of likely N-dealkylation sites (N-methyl/N-ethyl adjacent to an activating group) is 1. The number of carboxylic acid groups (broad SMARTS) is 1. The van der Waals surface area contributed by atoms with E-state index in [4.69, 9.17) is 5.11 Å². The second-order valence-electron chi connectivity index (χ2n) is 4.95. The molecule has 0 aliphatic heterocycles. The molecule has 0 spiro atoms. The summed E-state index contributed by atoms with van der Waals surface area (Å²) in [6, 6.07) is 6.36. The molecule has 0 aliphatic carbocycles. The standard InChI is InChI=1S/C15H22N2O3/c1-4-9-17(11-10-16(2)3)14(18)12-7-5-6-8-13(12)15(19)20/h5-8H,4,9-11H2,1-3H3,(H,19,20). The molecule has 0 fully saturated rings. The number of benzene rings is 1. The fraction of sp³-hybridized carbons (Fsp3) is 0.467. The molecule has 0 saturated heterocycles. The lowest BCUT2D eigenvalue weighted by molar-refractivity contribution is 0.0672. The second-order valence-corrected chi connectivity index (χ2v) is 4.95. The van der Waals surface area contributed by atoms with Gasteiger partial charge in [0.2, 0.25) is 0 Å². The monoisotopic (exact) mass is 278 g/mol. The SMILES string of the molecule is CCCN(CCN(C)C)C(=O)c1ccccc1C(=O)O. The minimum atomic E-state index is -1.07. The number of rotatable bonds is 7. The first-order valence-electron chi connectivity index (χ1n) is 6.73. The highest BCUT2D eigenvalue weighted by molar-refractivity contribution is 6.04. The maximum absolute atomic E-state index is 12.5. The summed E-state index contributed by atoms with van der Waals surface area (Å²) in [4.78, 5) is 27.4. The van der Waals surface area contributed by atoms with E-state index in [9.17, 15) is 9.59 Å². The summed E-state index contributed by atoms with van der Waals surface area (Å²) in [5, 5.41) is 9.17. The molecule has 1 aromatic carbocycles. The van der Waals surface area contributed by atoms with E-state index in [2.05, 4.69) is 0 Å². The largest absolute Gasteiger partial charge is 0.478 e. The minimum Gasteiger partial charge on any atom is -0.478 e. The van der Waals surface area contributed by atoms with Crippen LogP contribution in [0, 0.1) is 0 Å². The molecule has 0 bridgehead atoms. The summed E-state index contributed by atoms with van der Waals surface area (Å²) in [7, 11) is 3.89. The van der Waals surface area contributed by atoms with Crippen LogP contribution in [0.1, 0.15) is 34.1 Å². The van der Waals surface area contributed by atoms with Gasteiger partial charge in [-0.3, -0.25) is 4.79 Å². The Morgan fingerprint density at radius 1 is 1.05 bits per heavy atom. The highest BCUT2D eigenvalue weighted by Crippen LogP contribution is 2.12. The van der Waals surface area contributed by atoms with Crippen molar-refractivity contribution in [2.24, 2.45) is 0 Å². The van der Waals surface area contributed by atoms with Gasteiger partial charge in [0.25, 0.3) is 5.91 Å². The van der Waals surface area contributed by atoms with Crippen molar-refractivity contribution in [1.29, 1.82) is 0 Å². The van der Waals surface area contributed by atoms with Crippen molar-refractivity contribution >= 4 is 11.9 Å². The van der Waals surface area contributed by atoms with Gasteiger partial charge in [-0.25, -0.2) is 4.79 Å². The van der Waals surface area contributed by atoms with Crippen LogP contribution in [-0.4, -0.2) is 60.5 Å². The van der Waals surface area contributed by atoms with E-state index in [0.29, 0.717) is 13.1 Å². The summed E-state index contributed by atoms with van der Waals surface area (Å²) in [6.07, 6.45) is 0.842. The summed E-state index contributed by atoms with van der Waals surface area (Å²) in [5.74, 6) is -1.29. The van der Waals surface area contributed by atoms with Crippen molar-refractivity contribution in [3.8, 4) is 0 Å². The fourth-order valence-electron chi connectivity index (χ4n) is 1.93. The molecule has 0 aromatic heterocycles. The molecule has 1 rings (SSSR count). The van der Waals surface area contributed by atoms with E-state index in [0.717, 1.165) is 13.0 Å². The van der Waals surface area contributed by atoms with Gasteiger partial charge in [0.15, 0.2) is 0 Å². The number of carboxylic acids is 1. The quantitative estimate of drug-likeness (QED) is 0.826. The van der Waals surface area contributed by atoms with E-state index in [1.807, 2.05) is 25.9 Å². The molecule has 110 valence electrons. The summed E-state index contributed by atoms with van der Waals surface area (Å²) < 4.78 is 0. The Hall–Kier alpha value is -1.88. The molecule has 0 atom stereocenters. The maximum Gasteiger partial charge on any atom is 0.336 e. The second kappa shape index (κ2) is 7.65. The molecular formula is C15H22N2O3. The average molecular weight is 278 g/mol. The number of carbonyl (C=O) groups excluding carboxylic acids is 1. The first-order valence-corrected chi connectivity index (χ1v) is 6.73. The van der Waals surface area contributed by atoms with Gasteiger partial charge in [0.05, 0.1) is 11.1 Å². The van der Waals surface area contributed by atoms with Crippen molar-refractivity contribution in [2.45, 2.75) is 13.3 Å². The van der Waals surface area contributed by atoms with E-state index in [-0.39, 0.29) is 17.0 Å². The molecule has 0 aliphatic rings. The van der Waals surface area contributed by atoms with E-state index >= 15 is 0 Å². The Morgan fingerprint density at radius 2 is 1.65 bits per heavy atom. The molecule has 1 amide bonds. The van der Waals surface area contributed by atoms with Crippen molar-refractivity contribution < 1.29 is 14.7 Å². The summed E-state index contributed by atoms with van der Waals surface area (Å²) in [6.45, 7) is 3.97. The van der Waals surface area contributed by atoms with Gasteiger partial charge >= 0.3 is 5.97 Å². The number of aromatic carboxylic acids is 1. The van der Waals surface area contributed by atoms with E-state index in [1.54, 1.807) is 23.1 Å². The summed E-state index contributed by atoms with van der Waals surface area (Å²) in [5.41, 5.74) is 0.315. The molecule has 0 radical (unpaired) electrons. The van der Waals surface area contributed by atoms with Gasteiger partial charge in [-0.2, -0.15) is 0 Å². The fourth-order valence-corrected chi connectivity index (χ4v) is 1.93. The first-order chi connectivity index (χ1) is 9.47. The smallest absolute Gasteiger partial charge is 0.336 e. The third kappa shape index (κ3) is 4.35. The molecule has 1 aromatic rings. The van der Waals surface area contributed by atoms with Crippen LogP contribution in [0.15, 0.2) is 24.3 Å². The third-order valence-electron chi connectivity index (χ3n) is 2.99. The zero-order valence-electron chi connectivity index (χ0n) is 12.3. The van der Waals surface area contributed by atoms with Crippen LogP contribution >= 0.6 is 0 Å². The molecule has 20 heavy (non-hydrogen) atoms. The molecule has 0 unspecified atom stereocenters. The lowest BCUT2D eigenvalue weighted by Crippen LogP contribution is -2.37. The van der Waals surface area contributed by atoms with E-state index in [1.165, 1.54) is 6.07 Å². The number of carbonyl (C=O) groups is 2. The Balaban J connectivity index is 2.97. The van der Waals surface area contributed by atoms with Crippen molar-refractivity contribution in [3.05, 3.63) is 35.4 Å². The predicted octanol–water partition coefficient (Wildman–Crippen LogP) is 1.80. The van der Waals surface area contributed by atoms with Crippen molar-refractivity contribution in [2.75, 3.05) is 33.7 Å². The lowest BCUT2D eigenvalue weighted by atomic mass is 10.1. The van der Waals surface area contributed by atoms with Crippen molar-refractivity contribution in [1.82, 2.24) is 9.80 Å². The Bertz CT molecular complexity index is 472. The minimum absolute atomic E-state index is 0.0588. The Labute approximate surface area is 119 Å². The molecule has 0 heterocycles. The zero-order valence-corrected chi connectivity index (χ0v) is 12.3. The molecule has 5 nitrogen and oxygen atoms in total. The topological polar surface area (TPSA) is 60.9 Å². The van der Waals surface area contributed by atoms with Gasteiger partial charge in [0.1, 0.15) is 0 Å². The number of amides is 1. The van der Waals surface area contributed by atoms with Gasteiger partial charge in [0, 0.05) is 19.6 Å². The predicted molar refractivity (Wildman–Crippen MR) is 78.1 cm³/mol. The molecule has 1 N–H and O–H groups in total. The van der Waals surface area contributed by atoms with Gasteiger partial charge < -0.3 is 14.9 Å². The highest BCUT2D eigenvalue weighted by Gasteiger charge is 2.20. The van der Waals surface area contributed by atoms with Gasteiger partial charge in [-0.15, -0.1) is 0 Å². The maximum atomic E-state index is 12.5. The number of hydrogen-bond acceptors (Lipinski definition) is 3. The van der Waals surface area contributed by atoms with Crippen LogP contribution in [0.4, 0.5) is 0 Å². The van der Waals surface area contributed by atoms with Crippen molar-refractivity contribution in [3.63, 3.8) is 0 Å². The van der Waals surface area contributed by atoms with Crippen LogP contribution in [-0.2, 0) is 0 Å². The number of nitrogens with zero attached hydrogens (tertiary/aromatic N) is 2. The normalized spacial score (nSPS) is 10.6. The first kappa shape index (κ1) is 16.2. The van der Waals surface area contributed by atoms with Crippen LogP contribution in [0.25, 0.3) is 0 Å². The van der Waals surface area contributed by atoms with Crippen LogP contribution in [0.5, 0.6) is 0 Å². The number of hydrogen-bond donors (Lipinski definition) is 1. The van der Waals surface area contributed by atoms with E-state index < -0.39 is 5.97 Å². The van der Waals surface area contributed by atoms with Gasteiger partial charge in [-0.05, 0) is 32.6 Å². The molecule has 0 saturated carbocycles. The van der Waals surface area contributed by atoms with Gasteiger partial charge in [-0.1, -0.05) is 19.1 Å². The molecular weight excluding hydrogens is 256 g/mol. The van der Waals surface area contributed by atoms with Crippen LogP contribution < -0.4 is 0 Å². The van der Waals surface area contributed by atoms with Crippen LogP contribution in [0.3, 0.4) is 0 Å². The highest BCUT2D eigenvalue weighted by atomic mass is 16.4. The summed E-state index contributed by atoms with van der Waals surface area (Å²) >= 11 is 0. The average Bonchev–Trinajstić information content (AvgIpc) is 2.42. The Morgan fingerprint density at radius 3 is 2.15 bits per heavy atom. The Kier molecular flexibility index (Phi) is 6.18. The third-order valence-corrected chi connectivity index (χ3v) is 2.99. The molecule has 5 heteroatoms.